The normalized spacial score (nSPS) is 12.7. The first-order chi connectivity index (χ1) is 6.63. The van der Waals surface area contributed by atoms with Crippen molar-refractivity contribution in [2.24, 2.45) is 5.92 Å². The van der Waals surface area contributed by atoms with Crippen LogP contribution < -0.4 is 0 Å². The van der Waals surface area contributed by atoms with Gasteiger partial charge in [0.05, 0.1) is 0 Å². The fraction of sp³-hybridized carbons (Fsp3) is 0.500. The number of rotatable bonds is 5. The lowest BCUT2D eigenvalue weighted by Crippen LogP contribution is -2.03. The molecule has 0 spiro atoms. The Bertz CT molecular complexity index is 312. The smallest absolute Gasteiger partial charge is 0.357 e. The molecule has 0 saturated carbocycles. The van der Waals surface area contributed by atoms with Crippen molar-refractivity contribution in [3.8, 4) is 0 Å². The summed E-state index contributed by atoms with van der Waals surface area (Å²) in [6.45, 7) is 1.98. The van der Waals surface area contributed by atoms with Gasteiger partial charge >= 0.3 is 5.97 Å². The summed E-state index contributed by atoms with van der Waals surface area (Å²) in [7, 11) is 0. The highest BCUT2D eigenvalue weighted by Gasteiger charge is 2.11. The van der Waals surface area contributed by atoms with E-state index in [4.69, 9.17) is 14.6 Å². The summed E-state index contributed by atoms with van der Waals surface area (Å²) in [5.41, 5.74) is -0.0934. The van der Waals surface area contributed by atoms with Crippen molar-refractivity contribution < 1.29 is 19.4 Å². The minimum Gasteiger partial charge on any atom is -0.476 e. The molecule has 1 aromatic rings. The molecule has 1 heterocycles. The molecule has 0 aliphatic heterocycles. The van der Waals surface area contributed by atoms with Crippen molar-refractivity contribution in [1.82, 2.24) is 4.98 Å². The highest BCUT2D eigenvalue weighted by molar-refractivity contribution is 7.99. The Morgan fingerprint density at radius 2 is 2.50 bits per heavy atom. The van der Waals surface area contributed by atoms with Crippen molar-refractivity contribution in [1.29, 1.82) is 0 Å². The maximum Gasteiger partial charge on any atom is 0.357 e. The number of carboxylic acids is 1. The number of aliphatic hydroxyl groups excluding tert-OH is 1. The average molecular weight is 217 g/mol. The second-order valence-corrected chi connectivity index (χ2v) is 3.87. The Morgan fingerprint density at radius 3 is 3.00 bits per heavy atom. The lowest BCUT2D eigenvalue weighted by molar-refractivity contribution is 0.0690. The van der Waals surface area contributed by atoms with Gasteiger partial charge in [0.2, 0.25) is 0 Å². The largest absolute Gasteiger partial charge is 0.476 e. The van der Waals surface area contributed by atoms with E-state index in [9.17, 15) is 4.79 Å². The number of thioether (sulfide) groups is 1. The molecule has 6 heteroatoms. The van der Waals surface area contributed by atoms with Crippen molar-refractivity contribution in [2.45, 2.75) is 12.1 Å². The van der Waals surface area contributed by atoms with Gasteiger partial charge in [0.25, 0.3) is 5.22 Å². The molecule has 0 aromatic carbocycles. The minimum absolute atomic E-state index is 0.0934. The number of carbonyl (C=O) groups is 1. The van der Waals surface area contributed by atoms with Gasteiger partial charge in [-0.25, -0.2) is 4.79 Å². The molecule has 0 radical (unpaired) electrons. The van der Waals surface area contributed by atoms with E-state index >= 15 is 0 Å². The molecule has 78 valence electrons. The minimum atomic E-state index is -1.10. The van der Waals surface area contributed by atoms with Crippen LogP contribution in [0.5, 0.6) is 0 Å². The zero-order valence-electron chi connectivity index (χ0n) is 7.64. The topological polar surface area (TPSA) is 83.6 Å². The van der Waals surface area contributed by atoms with Gasteiger partial charge < -0.3 is 14.6 Å². The number of hydrogen-bond donors (Lipinski definition) is 2. The molecule has 5 nitrogen and oxygen atoms in total. The number of oxazole rings is 1. The van der Waals surface area contributed by atoms with Gasteiger partial charge in [-0.3, -0.25) is 0 Å². The Balaban J connectivity index is 2.48. The highest BCUT2D eigenvalue weighted by atomic mass is 32.2. The van der Waals surface area contributed by atoms with E-state index in [1.165, 1.54) is 11.8 Å². The SMILES string of the molecule is CC(CO)CSc1nc(C(=O)O)co1. The molecule has 0 saturated heterocycles. The molecular weight excluding hydrogens is 206 g/mol. The first kappa shape index (κ1) is 11.1. The predicted octanol–water partition coefficient (Wildman–Crippen LogP) is 1.09. The van der Waals surface area contributed by atoms with E-state index in [1.54, 1.807) is 0 Å². The number of carboxylic acid groups (broad SMARTS) is 1. The second kappa shape index (κ2) is 5.02. The summed E-state index contributed by atoms with van der Waals surface area (Å²) in [4.78, 5) is 14.2. The summed E-state index contributed by atoms with van der Waals surface area (Å²) in [5, 5.41) is 17.6. The fourth-order valence-electron chi connectivity index (χ4n) is 0.688. The monoisotopic (exact) mass is 217 g/mol. The van der Waals surface area contributed by atoms with E-state index in [-0.39, 0.29) is 18.2 Å². The fourth-order valence-corrected chi connectivity index (χ4v) is 1.50. The van der Waals surface area contributed by atoms with Crippen LogP contribution in [0.3, 0.4) is 0 Å². The van der Waals surface area contributed by atoms with Gasteiger partial charge in [-0.1, -0.05) is 18.7 Å². The first-order valence-electron chi connectivity index (χ1n) is 4.06. The number of nitrogens with zero attached hydrogens (tertiary/aromatic N) is 1. The third kappa shape index (κ3) is 3.04. The molecule has 0 amide bonds. The summed E-state index contributed by atoms with van der Waals surface area (Å²) in [6.07, 6.45) is 1.11. The summed E-state index contributed by atoms with van der Waals surface area (Å²) in [6, 6.07) is 0. The summed E-state index contributed by atoms with van der Waals surface area (Å²) in [5.74, 6) is -0.313. The Morgan fingerprint density at radius 1 is 1.79 bits per heavy atom. The summed E-state index contributed by atoms with van der Waals surface area (Å²) < 4.78 is 4.91. The first-order valence-corrected chi connectivity index (χ1v) is 5.04. The molecule has 0 aliphatic carbocycles. The van der Waals surface area contributed by atoms with Crippen LogP contribution in [0.15, 0.2) is 15.9 Å². The van der Waals surface area contributed by atoms with Crippen LogP contribution in [-0.4, -0.2) is 33.5 Å². The zero-order valence-corrected chi connectivity index (χ0v) is 8.45. The number of aliphatic hydroxyl groups is 1. The number of aromatic nitrogens is 1. The Hall–Kier alpha value is -1.01. The predicted molar refractivity (Wildman–Crippen MR) is 50.4 cm³/mol. The van der Waals surface area contributed by atoms with Gasteiger partial charge in [0.15, 0.2) is 5.69 Å². The van der Waals surface area contributed by atoms with Gasteiger partial charge in [-0.15, -0.1) is 0 Å². The van der Waals surface area contributed by atoms with E-state index in [0.29, 0.717) is 11.0 Å². The van der Waals surface area contributed by atoms with Crippen LogP contribution in [0.1, 0.15) is 17.4 Å². The van der Waals surface area contributed by atoms with Crippen molar-refractivity contribution >= 4 is 17.7 Å². The number of hydrogen-bond acceptors (Lipinski definition) is 5. The van der Waals surface area contributed by atoms with Crippen molar-refractivity contribution in [3.63, 3.8) is 0 Å². The van der Waals surface area contributed by atoms with Crippen molar-refractivity contribution in [2.75, 3.05) is 12.4 Å². The van der Waals surface area contributed by atoms with Gasteiger partial charge in [-0.2, -0.15) is 4.98 Å². The van der Waals surface area contributed by atoms with E-state index in [2.05, 4.69) is 4.98 Å². The molecular formula is C8H11NO4S. The van der Waals surface area contributed by atoms with Gasteiger partial charge in [-0.05, 0) is 5.92 Å². The van der Waals surface area contributed by atoms with Crippen LogP contribution in [0.2, 0.25) is 0 Å². The quantitative estimate of drug-likeness (QED) is 0.718. The lowest BCUT2D eigenvalue weighted by atomic mass is 10.2. The molecule has 0 bridgehead atoms. The van der Waals surface area contributed by atoms with Crippen LogP contribution in [0.4, 0.5) is 0 Å². The maximum atomic E-state index is 10.4. The molecule has 0 aliphatic rings. The van der Waals surface area contributed by atoms with Crippen LogP contribution >= 0.6 is 11.8 Å². The van der Waals surface area contributed by atoms with Crippen LogP contribution in [0, 0.1) is 5.92 Å². The Kier molecular flexibility index (Phi) is 3.97. The van der Waals surface area contributed by atoms with Crippen LogP contribution in [0.25, 0.3) is 0 Å². The molecule has 1 aromatic heterocycles. The summed E-state index contributed by atoms with van der Waals surface area (Å²) >= 11 is 1.29. The Labute approximate surface area is 85.1 Å². The second-order valence-electron chi connectivity index (χ2n) is 2.90. The average Bonchev–Trinajstić information content (AvgIpc) is 2.62. The van der Waals surface area contributed by atoms with Gasteiger partial charge in [0, 0.05) is 12.4 Å². The van der Waals surface area contributed by atoms with Gasteiger partial charge in [0.1, 0.15) is 6.26 Å². The number of aromatic carboxylic acids is 1. The molecule has 2 N–H and O–H groups in total. The van der Waals surface area contributed by atoms with E-state index in [0.717, 1.165) is 6.26 Å². The lowest BCUT2D eigenvalue weighted by Gasteiger charge is -2.03. The maximum absolute atomic E-state index is 10.4. The third-order valence-electron chi connectivity index (χ3n) is 1.51. The van der Waals surface area contributed by atoms with Crippen LogP contribution in [-0.2, 0) is 0 Å². The third-order valence-corrected chi connectivity index (χ3v) is 2.68. The highest BCUT2D eigenvalue weighted by Crippen LogP contribution is 2.19. The van der Waals surface area contributed by atoms with Crippen molar-refractivity contribution in [3.05, 3.63) is 12.0 Å². The zero-order chi connectivity index (χ0) is 10.6. The molecule has 1 unspecified atom stereocenters. The standard InChI is InChI=1S/C8H11NO4S/c1-5(2-10)4-14-8-9-6(3-13-8)7(11)12/h3,5,10H,2,4H2,1H3,(H,11,12). The molecule has 14 heavy (non-hydrogen) atoms. The molecule has 1 atom stereocenters. The molecule has 1 rings (SSSR count). The van der Waals surface area contributed by atoms with E-state index in [1.807, 2.05) is 6.92 Å². The van der Waals surface area contributed by atoms with E-state index < -0.39 is 5.97 Å². The molecule has 0 fully saturated rings.